The van der Waals surface area contributed by atoms with Crippen LogP contribution < -0.4 is 0 Å². The van der Waals surface area contributed by atoms with Crippen molar-refractivity contribution in [2.24, 2.45) is 4.99 Å². The first kappa shape index (κ1) is 13.5. The third-order valence-corrected chi connectivity index (χ3v) is 3.17. The number of hydrogen-bond donors (Lipinski definition) is 1. The highest BCUT2D eigenvalue weighted by Crippen LogP contribution is 2.13. The van der Waals surface area contributed by atoms with Gasteiger partial charge in [0.2, 0.25) is 0 Å². The van der Waals surface area contributed by atoms with E-state index in [1.54, 1.807) is 0 Å². The van der Waals surface area contributed by atoms with Gasteiger partial charge in [-0.2, -0.15) is 0 Å². The second kappa shape index (κ2) is 7.66. The van der Waals surface area contributed by atoms with Crippen LogP contribution in [0, 0.1) is 0 Å². The van der Waals surface area contributed by atoms with Gasteiger partial charge in [-0.25, -0.2) is 0 Å². The molecule has 0 saturated heterocycles. The zero-order valence-corrected chi connectivity index (χ0v) is 10.8. The molecule has 1 rings (SSSR count). The van der Waals surface area contributed by atoms with Crippen molar-refractivity contribution in [1.29, 1.82) is 0 Å². The van der Waals surface area contributed by atoms with Crippen LogP contribution >= 0.6 is 0 Å². The van der Waals surface area contributed by atoms with E-state index in [1.165, 1.54) is 38.5 Å². The highest BCUT2D eigenvalue weighted by molar-refractivity contribution is 5.83. The molecule has 16 heavy (non-hydrogen) atoms. The van der Waals surface area contributed by atoms with E-state index < -0.39 is 0 Å². The van der Waals surface area contributed by atoms with Crippen molar-refractivity contribution in [3.8, 4) is 0 Å². The summed E-state index contributed by atoms with van der Waals surface area (Å²) in [5.41, 5.74) is 0. The standard InChI is InChI=1S/C13H26N2O/c1-3-4-5-6-7-8-9-13-14-10-11-15(13)12(2)16/h12,16H,3-11H2,1-2H3. The Morgan fingerprint density at radius 3 is 2.62 bits per heavy atom. The van der Waals surface area contributed by atoms with Crippen LogP contribution in [-0.4, -0.2) is 35.2 Å². The van der Waals surface area contributed by atoms with Crippen LogP contribution in [0.15, 0.2) is 4.99 Å². The fourth-order valence-corrected chi connectivity index (χ4v) is 2.20. The predicted octanol–water partition coefficient (Wildman–Crippen LogP) is 2.79. The second-order valence-corrected chi connectivity index (χ2v) is 4.64. The fraction of sp³-hybridized carbons (Fsp3) is 0.923. The van der Waals surface area contributed by atoms with E-state index >= 15 is 0 Å². The van der Waals surface area contributed by atoms with Crippen LogP contribution in [0.25, 0.3) is 0 Å². The molecular formula is C13H26N2O. The summed E-state index contributed by atoms with van der Waals surface area (Å²) < 4.78 is 0. The average Bonchev–Trinajstić information content (AvgIpc) is 2.71. The topological polar surface area (TPSA) is 35.8 Å². The molecule has 0 aliphatic carbocycles. The van der Waals surface area contributed by atoms with Crippen LogP contribution in [0.2, 0.25) is 0 Å². The third-order valence-electron chi connectivity index (χ3n) is 3.17. The van der Waals surface area contributed by atoms with E-state index in [1.807, 2.05) is 11.8 Å². The Kier molecular flexibility index (Phi) is 6.46. The van der Waals surface area contributed by atoms with Gasteiger partial charge in [-0.1, -0.05) is 39.0 Å². The maximum absolute atomic E-state index is 9.54. The summed E-state index contributed by atoms with van der Waals surface area (Å²) in [6.07, 6.45) is 8.55. The van der Waals surface area contributed by atoms with Crippen molar-refractivity contribution in [3.63, 3.8) is 0 Å². The Morgan fingerprint density at radius 1 is 1.25 bits per heavy atom. The number of aliphatic hydroxyl groups excluding tert-OH is 1. The fourth-order valence-electron chi connectivity index (χ4n) is 2.20. The van der Waals surface area contributed by atoms with Crippen LogP contribution in [0.3, 0.4) is 0 Å². The average molecular weight is 226 g/mol. The van der Waals surface area contributed by atoms with Crippen LogP contribution in [0.1, 0.15) is 58.8 Å². The molecule has 1 heterocycles. The number of aliphatic imine (C=N–C) groups is 1. The van der Waals surface area contributed by atoms with Gasteiger partial charge in [-0.3, -0.25) is 4.99 Å². The summed E-state index contributed by atoms with van der Waals surface area (Å²) in [6, 6.07) is 0. The van der Waals surface area contributed by atoms with Gasteiger partial charge in [-0.05, 0) is 13.3 Å². The first-order valence-corrected chi connectivity index (χ1v) is 6.73. The lowest BCUT2D eigenvalue weighted by Gasteiger charge is -2.23. The number of aliphatic hydroxyl groups is 1. The first-order valence-electron chi connectivity index (χ1n) is 6.73. The summed E-state index contributed by atoms with van der Waals surface area (Å²) in [4.78, 5) is 6.47. The Hall–Kier alpha value is -0.570. The van der Waals surface area contributed by atoms with Gasteiger partial charge in [0.15, 0.2) is 0 Å². The summed E-state index contributed by atoms with van der Waals surface area (Å²) >= 11 is 0. The van der Waals surface area contributed by atoms with Crippen molar-refractivity contribution >= 4 is 5.84 Å². The molecule has 1 aliphatic rings. The van der Waals surface area contributed by atoms with Gasteiger partial charge in [0.25, 0.3) is 0 Å². The highest BCUT2D eigenvalue weighted by atomic mass is 16.3. The molecule has 0 spiro atoms. The quantitative estimate of drug-likeness (QED) is 0.646. The highest BCUT2D eigenvalue weighted by Gasteiger charge is 2.19. The SMILES string of the molecule is CCCCCCCCC1=NCCN1C(C)O. The monoisotopic (exact) mass is 226 g/mol. The van der Waals surface area contributed by atoms with Gasteiger partial charge in [0.05, 0.1) is 6.54 Å². The molecule has 0 aromatic rings. The number of rotatable bonds is 8. The van der Waals surface area contributed by atoms with Crippen molar-refractivity contribution in [3.05, 3.63) is 0 Å². The maximum atomic E-state index is 9.54. The second-order valence-electron chi connectivity index (χ2n) is 4.64. The number of amidine groups is 1. The molecule has 1 unspecified atom stereocenters. The molecule has 3 nitrogen and oxygen atoms in total. The van der Waals surface area contributed by atoms with E-state index in [0.29, 0.717) is 0 Å². The molecule has 0 amide bonds. The van der Waals surface area contributed by atoms with Crippen molar-refractivity contribution in [2.75, 3.05) is 13.1 Å². The van der Waals surface area contributed by atoms with Gasteiger partial charge in [0, 0.05) is 13.0 Å². The molecule has 0 saturated carbocycles. The summed E-state index contributed by atoms with van der Waals surface area (Å²) in [5, 5.41) is 9.54. The summed E-state index contributed by atoms with van der Waals surface area (Å²) in [7, 11) is 0. The normalized spacial score (nSPS) is 17.7. The third kappa shape index (κ3) is 4.52. The largest absolute Gasteiger partial charge is 0.374 e. The molecule has 0 aromatic heterocycles. The molecule has 1 aliphatic heterocycles. The van der Waals surface area contributed by atoms with E-state index in [9.17, 15) is 5.11 Å². The van der Waals surface area contributed by atoms with Crippen LogP contribution in [0.4, 0.5) is 0 Å². The Morgan fingerprint density at radius 2 is 1.94 bits per heavy atom. The van der Waals surface area contributed by atoms with Crippen molar-refractivity contribution in [1.82, 2.24) is 4.90 Å². The molecule has 1 N–H and O–H groups in total. The zero-order valence-electron chi connectivity index (χ0n) is 10.8. The minimum absolute atomic E-state index is 0.374. The minimum Gasteiger partial charge on any atom is -0.374 e. The Labute approximate surface area is 99.6 Å². The number of hydrogen-bond acceptors (Lipinski definition) is 3. The van der Waals surface area contributed by atoms with Gasteiger partial charge >= 0.3 is 0 Å². The van der Waals surface area contributed by atoms with E-state index in [-0.39, 0.29) is 6.23 Å². The smallest absolute Gasteiger partial charge is 0.125 e. The lowest BCUT2D eigenvalue weighted by atomic mass is 10.1. The molecule has 94 valence electrons. The molecule has 0 aromatic carbocycles. The van der Waals surface area contributed by atoms with E-state index in [4.69, 9.17) is 0 Å². The summed E-state index contributed by atoms with van der Waals surface area (Å²) in [5.74, 6) is 1.12. The van der Waals surface area contributed by atoms with E-state index in [2.05, 4.69) is 11.9 Å². The molecule has 0 bridgehead atoms. The first-order chi connectivity index (χ1) is 7.75. The Balaban J connectivity index is 2.08. The van der Waals surface area contributed by atoms with Crippen LogP contribution in [-0.2, 0) is 0 Å². The lowest BCUT2D eigenvalue weighted by molar-refractivity contribution is 0.0766. The zero-order chi connectivity index (χ0) is 11.8. The lowest BCUT2D eigenvalue weighted by Crippen LogP contribution is -2.35. The summed E-state index contributed by atoms with van der Waals surface area (Å²) in [6.45, 7) is 5.81. The molecule has 0 radical (unpaired) electrons. The van der Waals surface area contributed by atoms with E-state index in [0.717, 1.165) is 25.3 Å². The van der Waals surface area contributed by atoms with Gasteiger partial charge in [-0.15, -0.1) is 0 Å². The van der Waals surface area contributed by atoms with Crippen LogP contribution in [0.5, 0.6) is 0 Å². The predicted molar refractivity (Wildman–Crippen MR) is 68.7 cm³/mol. The Bertz CT molecular complexity index is 214. The van der Waals surface area contributed by atoms with Crippen molar-refractivity contribution < 1.29 is 5.11 Å². The maximum Gasteiger partial charge on any atom is 0.125 e. The number of nitrogens with zero attached hydrogens (tertiary/aromatic N) is 2. The van der Waals surface area contributed by atoms with Gasteiger partial charge in [0.1, 0.15) is 12.1 Å². The van der Waals surface area contributed by atoms with Crippen molar-refractivity contribution in [2.45, 2.75) is 65.0 Å². The molecular weight excluding hydrogens is 200 g/mol. The molecule has 1 atom stereocenters. The minimum atomic E-state index is -0.374. The molecule has 3 heteroatoms. The van der Waals surface area contributed by atoms with Gasteiger partial charge < -0.3 is 10.0 Å². The number of unbranched alkanes of at least 4 members (excludes halogenated alkanes) is 5. The molecule has 0 fully saturated rings.